The van der Waals surface area contributed by atoms with Gasteiger partial charge in [0.2, 0.25) is 5.91 Å². The highest BCUT2D eigenvalue weighted by atomic mass is 32.1. The zero-order valence-electron chi connectivity index (χ0n) is 13.1. The summed E-state index contributed by atoms with van der Waals surface area (Å²) in [7, 11) is 0. The monoisotopic (exact) mass is 315 g/mol. The highest BCUT2D eigenvalue weighted by Crippen LogP contribution is 2.43. The predicted molar refractivity (Wildman–Crippen MR) is 88.6 cm³/mol. The van der Waals surface area contributed by atoms with Crippen LogP contribution in [0.1, 0.15) is 65.1 Å². The average Bonchev–Trinajstić information content (AvgIpc) is 3.19. The summed E-state index contributed by atoms with van der Waals surface area (Å²) < 4.78 is 2.10. The molecule has 4 nitrogen and oxygen atoms in total. The Bertz CT molecular complexity index is 724. The first-order valence-electron chi connectivity index (χ1n) is 8.08. The molecule has 1 fully saturated rings. The van der Waals surface area contributed by atoms with Gasteiger partial charge in [0.25, 0.3) is 0 Å². The van der Waals surface area contributed by atoms with Crippen LogP contribution in [-0.2, 0) is 4.79 Å². The van der Waals surface area contributed by atoms with Crippen molar-refractivity contribution in [2.45, 2.75) is 57.9 Å². The van der Waals surface area contributed by atoms with Crippen molar-refractivity contribution in [2.75, 3.05) is 5.32 Å². The van der Waals surface area contributed by atoms with E-state index in [-0.39, 0.29) is 11.8 Å². The lowest BCUT2D eigenvalue weighted by Gasteiger charge is -2.24. The topological polar surface area (TPSA) is 46.9 Å². The lowest BCUT2D eigenvalue weighted by Crippen LogP contribution is -2.25. The van der Waals surface area contributed by atoms with Gasteiger partial charge in [0, 0.05) is 27.7 Å². The van der Waals surface area contributed by atoms with Crippen LogP contribution in [0.25, 0.3) is 0 Å². The highest BCUT2D eigenvalue weighted by molar-refractivity contribution is 7.12. The van der Waals surface area contributed by atoms with Crippen LogP contribution in [0, 0.1) is 13.8 Å². The number of fused-ring (bicyclic) bond motifs is 1. The van der Waals surface area contributed by atoms with Crippen LogP contribution >= 0.6 is 11.3 Å². The van der Waals surface area contributed by atoms with E-state index >= 15 is 0 Å². The number of hydrogen-bond acceptors (Lipinski definition) is 3. The van der Waals surface area contributed by atoms with Gasteiger partial charge in [-0.05, 0) is 38.8 Å². The van der Waals surface area contributed by atoms with Gasteiger partial charge in [-0.25, -0.2) is 4.68 Å². The molecule has 22 heavy (non-hydrogen) atoms. The fraction of sp³-hybridized carbons (Fsp3) is 0.529. The van der Waals surface area contributed by atoms with Crippen LogP contribution in [0.5, 0.6) is 0 Å². The van der Waals surface area contributed by atoms with E-state index in [2.05, 4.69) is 36.0 Å². The molecule has 1 N–H and O–H groups in total. The van der Waals surface area contributed by atoms with Crippen LogP contribution in [0.4, 0.5) is 5.82 Å². The van der Waals surface area contributed by atoms with Crippen molar-refractivity contribution in [3.63, 3.8) is 0 Å². The van der Waals surface area contributed by atoms with E-state index in [9.17, 15) is 4.79 Å². The Hall–Kier alpha value is -1.62. The molecule has 0 radical (unpaired) electrons. The summed E-state index contributed by atoms with van der Waals surface area (Å²) in [4.78, 5) is 14.8. The smallest absolute Gasteiger partial charge is 0.226 e. The number of hydrogen-bond donors (Lipinski definition) is 1. The van der Waals surface area contributed by atoms with Crippen molar-refractivity contribution >= 4 is 23.1 Å². The number of thiophene rings is 1. The molecule has 1 amide bonds. The lowest BCUT2D eigenvalue weighted by atomic mass is 9.90. The van der Waals surface area contributed by atoms with Crippen molar-refractivity contribution in [1.29, 1.82) is 0 Å². The number of carbonyl (C=O) groups excluding carboxylic acids is 1. The van der Waals surface area contributed by atoms with Gasteiger partial charge in [-0.3, -0.25) is 4.79 Å². The molecule has 0 aromatic carbocycles. The van der Waals surface area contributed by atoms with Crippen molar-refractivity contribution < 1.29 is 4.79 Å². The Balaban J connectivity index is 1.81. The fourth-order valence-electron chi connectivity index (χ4n) is 3.87. The molecule has 0 spiro atoms. The maximum Gasteiger partial charge on any atom is 0.226 e. The third-order valence-corrected chi connectivity index (χ3v) is 6.02. The van der Waals surface area contributed by atoms with E-state index in [0.29, 0.717) is 12.5 Å². The first kappa shape index (κ1) is 14.0. The van der Waals surface area contributed by atoms with E-state index in [1.54, 1.807) is 11.3 Å². The fourth-order valence-corrected chi connectivity index (χ4v) is 4.86. The van der Waals surface area contributed by atoms with Gasteiger partial charge in [-0.15, -0.1) is 11.3 Å². The van der Waals surface area contributed by atoms with Crippen LogP contribution in [0.2, 0.25) is 0 Å². The number of amides is 1. The summed E-state index contributed by atoms with van der Waals surface area (Å²) >= 11 is 1.79. The largest absolute Gasteiger partial charge is 0.311 e. The van der Waals surface area contributed by atoms with Crippen molar-refractivity contribution in [3.8, 4) is 0 Å². The molecular formula is C17H21N3OS. The Morgan fingerprint density at radius 3 is 2.73 bits per heavy atom. The zero-order valence-corrected chi connectivity index (χ0v) is 13.9. The van der Waals surface area contributed by atoms with Crippen molar-refractivity contribution in [3.05, 3.63) is 33.1 Å². The second-order valence-corrected chi connectivity index (χ2v) is 7.80. The Kier molecular flexibility index (Phi) is 3.33. The molecule has 0 saturated heterocycles. The normalized spacial score (nSPS) is 21.9. The highest BCUT2D eigenvalue weighted by Gasteiger charge is 2.34. The van der Waals surface area contributed by atoms with Gasteiger partial charge in [0.1, 0.15) is 5.82 Å². The molecule has 1 atom stereocenters. The summed E-state index contributed by atoms with van der Waals surface area (Å²) in [5, 5.41) is 7.90. The van der Waals surface area contributed by atoms with Crippen molar-refractivity contribution in [2.24, 2.45) is 0 Å². The molecule has 3 heterocycles. The van der Waals surface area contributed by atoms with Gasteiger partial charge in [-0.2, -0.15) is 5.10 Å². The summed E-state index contributed by atoms with van der Waals surface area (Å²) in [6.45, 7) is 4.20. The number of nitrogens with zero attached hydrogens (tertiary/aromatic N) is 2. The van der Waals surface area contributed by atoms with Gasteiger partial charge >= 0.3 is 0 Å². The SMILES string of the molecule is Cc1ccc(C2CC(=O)Nc3c2c(C)nn3C2CCCC2)s1. The molecule has 2 aromatic rings. The van der Waals surface area contributed by atoms with Crippen molar-refractivity contribution in [1.82, 2.24) is 9.78 Å². The molecular weight excluding hydrogens is 294 g/mol. The molecule has 1 unspecified atom stereocenters. The second-order valence-electron chi connectivity index (χ2n) is 6.48. The molecule has 1 saturated carbocycles. The van der Waals surface area contributed by atoms with E-state index in [1.165, 1.54) is 41.0 Å². The average molecular weight is 315 g/mol. The molecule has 116 valence electrons. The minimum absolute atomic E-state index is 0.114. The van der Waals surface area contributed by atoms with Crippen LogP contribution in [0.3, 0.4) is 0 Å². The van der Waals surface area contributed by atoms with Gasteiger partial charge in [-0.1, -0.05) is 12.8 Å². The van der Waals surface area contributed by atoms with E-state index < -0.39 is 0 Å². The third-order valence-electron chi connectivity index (χ3n) is 4.90. The van der Waals surface area contributed by atoms with Gasteiger partial charge < -0.3 is 5.32 Å². The molecule has 2 aliphatic rings. The maximum absolute atomic E-state index is 12.2. The van der Waals surface area contributed by atoms with E-state index in [1.807, 2.05) is 0 Å². The Morgan fingerprint density at radius 2 is 2.05 bits per heavy atom. The number of aromatic nitrogens is 2. The van der Waals surface area contributed by atoms with E-state index in [0.717, 1.165) is 11.5 Å². The Morgan fingerprint density at radius 1 is 1.27 bits per heavy atom. The molecule has 5 heteroatoms. The minimum atomic E-state index is 0.114. The number of anilines is 1. The van der Waals surface area contributed by atoms with Crippen LogP contribution in [-0.4, -0.2) is 15.7 Å². The van der Waals surface area contributed by atoms with Crippen LogP contribution < -0.4 is 5.32 Å². The first-order chi connectivity index (χ1) is 10.6. The summed E-state index contributed by atoms with van der Waals surface area (Å²) in [6.07, 6.45) is 5.41. The first-order valence-corrected chi connectivity index (χ1v) is 8.90. The minimum Gasteiger partial charge on any atom is -0.311 e. The van der Waals surface area contributed by atoms with E-state index in [4.69, 9.17) is 5.10 Å². The second kappa shape index (κ2) is 5.23. The number of aryl methyl sites for hydroxylation is 2. The molecule has 0 bridgehead atoms. The molecule has 4 rings (SSSR count). The standard InChI is InChI=1S/C17H21N3OS/c1-10-7-8-14(22-10)13-9-15(21)18-17-16(13)11(2)19-20(17)12-5-3-4-6-12/h7-8,12-13H,3-6,9H2,1-2H3,(H,18,21). The van der Waals surface area contributed by atoms with Gasteiger partial charge in [0.05, 0.1) is 11.7 Å². The van der Waals surface area contributed by atoms with Crippen LogP contribution in [0.15, 0.2) is 12.1 Å². The predicted octanol–water partition coefficient (Wildman–Crippen LogP) is 4.15. The molecule has 2 aromatic heterocycles. The number of rotatable bonds is 2. The summed E-state index contributed by atoms with van der Waals surface area (Å²) in [5.41, 5.74) is 2.30. The quantitative estimate of drug-likeness (QED) is 0.905. The molecule has 1 aliphatic heterocycles. The Labute approximate surface area is 134 Å². The third kappa shape index (κ3) is 2.19. The summed E-state index contributed by atoms with van der Waals surface area (Å²) in [6, 6.07) is 4.76. The number of nitrogens with one attached hydrogen (secondary N) is 1. The lowest BCUT2D eigenvalue weighted by molar-refractivity contribution is -0.116. The zero-order chi connectivity index (χ0) is 15.3. The van der Waals surface area contributed by atoms with Gasteiger partial charge in [0.15, 0.2) is 0 Å². The molecule has 1 aliphatic carbocycles. The maximum atomic E-state index is 12.2. The summed E-state index contributed by atoms with van der Waals surface area (Å²) in [5.74, 6) is 1.23. The number of carbonyl (C=O) groups is 1.